The summed E-state index contributed by atoms with van der Waals surface area (Å²) in [5, 5.41) is 0. The second kappa shape index (κ2) is 16.5. The van der Waals surface area contributed by atoms with Crippen molar-refractivity contribution in [1.29, 1.82) is 0 Å². The molecular weight excluding hydrogens is 432 g/mol. The predicted molar refractivity (Wildman–Crippen MR) is 146 cm³/mol. The van der Waals surface area contributed by atoms with E-state index >= 15 is 0 Å². The first-order chi connectivity index (χ1) is 17.2. The van der Waals surface area contributed by atoms with Crippen LogP contribution in [0.3, 0.4) is 0 Å². The molecule has 1 saturated carbocycles. The van der Waals surface area contributed by atoms with Crippen LogP contribution in [0.15, 0.2) is 36.5 Å². The van der Waals surface area contributed by atoms with E-state index in [0.29, 0.717) is 18.3 Å². The van der Waals surface area contributed by atoms with Crippen molar-refractivity contribution in [3.05, 3.63) is 36.5 Å². The van der Waals surface area contributed by atoms with Crippen LogP contribution < -0.4 is 9.47 Å². The van der Waals surface area contributed by atoms with Gasteiger partial charge in [0.25, 0.3) is 0 Å². The summed E-state index contributed by atoms with van der Waals surface area (Å²) in [6, 6.07) is 9.95. The van der Waals surface area contributed by atoms with Gasteiger partial charge in [-0.05, 0) is 55.4 Å². The zero-order valence-corrected chi connectivity index (χ0v) is 22.4. The molecule has 0 saturated heterocycles. The molecule has 4 nitrogen and oxygen atoms in total. The molecule has 35 heavy (non-hydrogen) atoms. The van der Waals surface area contributed by atoms with Crippen LogP contribution in [0, 0.1) is 11.8 Å². The fourth-order valence-electron chi connectivity index (χ4n) is 5.12. The van der Waals surface area contributed by atoms with Gasteiger partial charge in [-0.2, -0.15) is 4.98 Å². The van der Waals surface area contributed by atoms with Crippen molar-refractivity contribution in [1.82, 2.24) is 9.97 Å². The van der Waals surface area contributed by atoms with Crippen LogP contribution in [0.5, 0.6) is 11.6 Å². The Balaban J connectivity index is 1.29. The van der Waals surface area contributed by atoms with Gasteiger partial charge >= 0.3 is 0 Å². The topological polar surface area (TPSA) is 44.2 Å². The summed E-state index contributed by atoms with van der Waals surface area (Å²) in [5.41, 5.74) is 0.984. The molecule has 1 unspecified atom stereocenters. The van der Waals surface area contributed by atoms with E-state index in [1.54, 1.807) is 6.20 Å². The maximum Gasteiger partial charge on any atom is 0.216 e. The highest BCUT2D eigenvalue weighted by molar-refractivity contribution is 5.56. The van der Waals surface area contributed by atoms with E-state index < -0.39 is 0 Å². The minimum atomic E-state index is 0.653. The minimum Gasteiger partial charge on any atom is -0.494 e. The van der Waals surface area contributed by atoms with Gasteiger partial charge in [-0.15, -0.1) is 0 Å². The molecule has 0 spiro atoms. The summed E-state index contributed by atoms with van der Waals surface area (Å²) >= 11 is 0. The summed E-state index contributed by atoms with van der Waals surface area (Å²) in [7, 11) is 0. The molecular formula is C31H48N2O2. The third-order valence-corrected chi connectivity index (χ3v) is 7.38. The molecule has 1 heterocycles. The van der Waals surface area contributed by atoms with Crippen LogP contribution in [0.1, 0.15) is 110 Å². The quantitative estimate of drug-likeness (QED) is 0.200. The molecule has 0 N–H and O–H groups in total. The lowest BCUT2D eigenvalue weighted by atomic mass is 9.99. The van der Waals surface area contributed by atoms with Gasteiger partial charge in [0.05, 0.1) is 13.2 Å². The standard InChI is InChI=1S/C31H48N2O2/c1-3-4-13-26(2)14-12-25-35-30-22-23-32-31(33-30)28-18-20-29(21-19-28)34-24-11-7-5-6-8-15-27-16-9-10-17-27/h18-23,26-27H,3-17,24-25H2,1-2H3. The molecule has 1 aromatic carbocycles. The molecule has 1 aliphatic rings. The SMILES string of the molecule is CCCCC(C)CCCOc1ccnc(-c2ccc(OCCCCCCCC3CCCC3)cc2)n1. The van der Waals surface area contributed by atoms with Crippen molar-refractivity contribution in [2.75, 3.05) is 13.2 Å². The normalized spacial score (nSPS) is 14.8. The average Bonchev–Trinajstić information content (AvgIpc) is 3.41. The lowest BCUT2D eigenvalue weighted by Crippen LogP contribution is -2.03. The average molecular weight is 481 g/mol. The van der Waals surface area contributed by atoms with E-state index in [1.165, 1.54) is 83.5 Å². The van der Waals surface area contributed by atoms with Gasteiger partial charge in [-0.25, -0.2) is 4.98 Å². The molecule has 1 fully saturated rings. The first-order valence-electron chi connectivity index (χ1n) is 14.4. The van der Waals surface area contributed by atoms with E-state index in [0.717, 1.165) is 42.6 Å². The highest BCUT2D eigenvalue weighted by Crippen LogP contribution is 2.29. The van der Waals surface area contributed by atoms with Crippen LogP contribution >= 0.6 is 0 Å². The van der Waals surface area contributed by atoms with E-state index in [9.17, 15) is 0 Å². The monoisotopic (exact) mass is 480 g/mol. The summed E-state index contributed by atoms with van der Waals surface area (Å²) in [6.45, 7) is 6.09. The first kappa shape index (κ1) is 27.5. The lowest BCUT2D eigenvalue weighted by molar-refractivity contribution is 0.281. The molecule has 0 aliphatic heterocycles. The van der Waals surface area contributed by atoms with Crippen LogP contribution in [0.25, 0.3) is 11.4 Å². The van der Waals surface area contributed by atoms with Crippen LogP contribution in [-0.2, 0) is 0 Å². The van der Waals surface area contributed by atoms with Crippen molar-refractivity contribution in [3.63, 3.8) is 0 Å². The number of unbranched alkanes of at least 4 members (excludes halogenated alkanes) is 5. The van der Waals surface area contributed by atoms with Gasteiger partial charge in [-0.1, -0.05) is 90.9 Å². The molecule has 194 valence electrons. The van der Waals surface area contributed by atoms with Crippen molar-refractivity contribution in [3.8, 4) is 23.0 Å². The Labute approximate surface area is 214 Å². The first-order valence-corrected chi connectivity index (χ1v) is 14.4. The van der Waals surface area contributed by atoms with Crippen LogP contribution in [-0.4, -0.2) is 23.2 Å². The smallest absolute Gasteiger partial charge is 0.216 e. The van der Waals surface area contributed by atoms with Gasteiger partial charge in [0.2, 0.25) is 5.88 Å². The number of ether oxygens (including phenoxy) is 2. The molecule has 0 amide bonds. The van der Waals surface area contributed by atoms with Crippen LogP contribution in [0.4, 0.5) is 0 Å². The summed E-state index contributed by atoms with van der Waals surface area (Å²) in [6.07, 6.45) is 21.8. The van der Waals surface area contributed by atoms with E-state index in [1.807, 2.05) is 30.3 Å². The fourth-order valence-corrected chi connectivity index (χ4v) is 5.12. The Morgan fingerprint density at radius 2 is 1.54 bits per heavy atom. The molecule has 0 radical (unpaired) electrons. The molecule has 1 atom stereocenters. The van der Waals surface area contributed by atoms with Crippen molar-refractivity contribution in [2.24, 2.45) is 11.8 Å². The summed E-state index contributed by atoms with van der Waals surface area (Å²) in [5.74, 6) is 4.07. The van der Waals surface area contributed by atoms with Gasteiger partial charge in [0, 0.05) is 17.8 Å². The Bertz CT molecular complexity index is 802. The Kier molecular flexibility index (Phi) is 13.0. The third-order valence-electron chi connectivity index (χ3n) is 7.38. The van der Waals surface area contributed by atoms with E-state index in [2.05, 4.69) is 23.8 Å². The molecule has 3 rings (SSSR count). The number of nitrogens with zero attached hydrogens (tertiary/aromatic N) is 2. The minimum absolute atomic E-state index is 0.653. The molecule has 0 bridgehead atoms. The Hall–Kier alpha value is -2.10. The second-order valence-electron chi connectivity index (χ2n) is 10.5. The highest BCUT2D eigenvalue weighted by Gasteiger charge is 2.13. The molecule has 1 aromatic heterocycles. The van der Waals surface area contributed by atoms with Gasteiger partial charge in [0.15, 0.2) is 5.82 Å². The summed E-state index contributed by atoms with van der Waals surface area (Å²) < 4.78 is 11.8. The number of rotatable bonds is 18. The summed E-state index contributed by atoms with van der Waals surface area (Å²) in [4.78, 5) is 9.03. The van der Waals surface area contributed by atoms with Crippen molar-refractivity contribution >= 4 is 0 Å². The van der Waals surface area contributed by atoms with Crippen molar-refractivity contribution in [2.45, 2.75) is 110 Å². The molecule has 1 aliphatic carbocycles. The number of aromatic nitrogens is 2. The Morgan fingerprint density at radius 1 is 0.829 bits per heavy atom. The number of benzene rings is 1. The Morgan fingerprint density at radius 3 is 2.34 bits per heavy atom. The van der Waals surface area contributed by atoms with Crippen molar-refractivity contribution < 1.29 is 9.47 Å². The zero-order chi connectivity index (χ0) is 24.6. The fraction of sp³-hybridized carbons (Fsp3) is 0.677. The second-order valence-corrected chi connectivity index (χ2v) is 10.5. The maximum atomic E-state index is 5.95. The number of hydrogen-bond donors (Lipinski definition) is 0. The third kappa shape index (κ3) is 11.0. The zero-order valence-electron chi connectivity index (χ0n) is 22.4. The largest absolute Gasteiger partial charge is 0.494 e. The molecule has 4 heteroatoms. The lowest BCUT2D eigenvalue weighted by Gasteiger charge is -2.11. The van der Waals surface area contributed by atoms with Gasteiger partial charge < -0.3 is 9.47 Å². The van der Waals surface area contributed by atoms with E-state index in [4.69, 9.17) is 9.47 Å². The van der Waals surface area contributed by atoms with Gasteiger partial charge in [0.1, 0.15) is 5.75 Å². The van der Waals surface area contributed by atoms with E-state index in [-0.39, 0.29) is 0 Å². The van der Waals surface area contributed by atoms with Crippen LogP contribution in [0.2, 0.25) is 0 Å². The van der Waals surface area contributed by atoms with Gasteiger partial charge in [-0.3, -0.25) is 0 Å². The highest BCUT2D eigenvalue weighted by atomic mass is 16.5. The predicted octanol–water partition coefficient (Wildman–Crippen LogP) is 9.04. The maximum absolute atomic E-state index is 5.95. The molecule has 2 aromatic rings. The number of hydrogen-bond acceptors (Lipinski definition) is 4.